The Morgan fingerprint density at radius 3 is 2.55 bits per heavy atom. The molecule has 0 radical (unpaired) electrons. The summed E-state index contributed by atoms with van der Waals surface area (Å²) < 4.78 is 36.6. The molecule has 0 aliphatic carbocycles. The van der Waals surface area contributed by atoms with Crippen molar-refractivity contribution in [2.24, 2.45) is 4.99 Å². The lowest BCUT2D eigenvalue weighted by Gasteiger charge is -2.37. The number of nitrogens with zero attached hydrogens (tertiary/aromatic N) is 4. The van der Waals surface area contributed by atoms with Gasteiger partial charge in [-0.1, -0.05) is 6.07 Å². The predicted octanol–water partition coefficient (Wildman–Crippen LogP) is 1.73. The predicted molar refractivity (Wildman–Crippen MR) is 80.1 cm³/mol. The van der Waals surface area contributed by atoms with Gasteiger partial charge < -0.3 is 15.1 Å². The van der Waals surface area contributed by atoms with E-state index in [1.54, 1.807) is 13.2 Å². The number of hydrogen-bond acceptors (Lipinski definition) is 3. The first-order chi connectivity index (χ1) is 10.5. The average molecular weight is 315 g/mol. The maximum absolute atomic E-state index is 12.2. The van der Waals surface area contributed by atoms with Gasteiger partial charge in [0.1, 0.15) is 5.82 Å². The van der Waals surface area contributed by atoms with E-state index >= 15 is 0 Å². The van der Waals surface area contributed by atoms with E-state index in [-0.39, 0.29) is 6.54 Å². The van der Waals surface area contributed by atoms with Gasteiger partial charge in [-0.05, 0) is 12.1 Å². The first-order valence-electron chi connectivity index (χ1n) is 7.18. The fraction of sp³-hybridized carbons (Fsp3) is 0.571. The summed E-state index contributed by atoms with van der Waals surface area (Å²) in [5.74, 6) is 1.44. The van der Waals surface area contributed by atoms with Crippen molar-refractivity contribution in [2.75, 3.05) is 44.7 Å². The summed E-state index contributed by atoms with van der Waals surface area (Å²) in [5, 5.41) is 2.77. The Balaban J connectivity index is 1.82. The highest BCUT2D eigenvalue weighted by Gasteiger charge is 2.27. The average Bonchev–Trinajstić information content (AvgIpc) is 2.52. The van der Waals surface area contributed by atoms with Gasteiger partial charge in [0.2, 0.25) is 0 Å². The zero-order valence-corrected chi connectivity index (χ0v) is 12.5. The molecule has 0 aromatic carbocycles. The lowest BCUT2D eigenvalue weighted by molar-refractivity contribution is -0.132. The number of alkyl halides is 3. The van der Waals surface area contributed by atoms with Gasteiger partial charge in [0, 0.05) is 46.0 Å². The Kier molecular flexibility index (Phi) is 5.46. The number of piperazine rings is 1. The van der Waals surface area contributed by atoms with Crippen molar-refractivity contribution in [2.45, 2.75) is 12.6 Å². The summed E-state index contributed by atoms with van der Waals surface area (Å²) in [4.78, 5) is 12.5. The van der Waals surface area contributed by atoms with Gasteiger partial charge in [-0.2, -0.15) is 13.2 Å². The number of pyridine rings is 1. The minimum Gasteiger partial charge on any atom is -0.356 e. The lowest BCUT2D eigenvalue weighted by atomic mass is 10.3. The molecule has 0 spiro atoms. The maximum Gasteiger partial charge on any atom is 0.390 e. The van der Waals surface area contributed by atoms with Gasteiger partial charge in [-0.25, -0.2) is 4.98 Å². The van der Waals surface area contributed by atoms with E-state index in [4.69, 9.17) is 0 Å². The van der Waals surface area contributed by atoms with Crippen LogP contribution in [0.3, 0.4) is 0 Å². The molecular weight excluding hydrogens is 295 g/mol. The van der Waals surface area contributed by atoms with Crippen LogP contribution in [0.25, 0.3) is 0 Å². The molecule has 8 heteroatoms. The lowest BCUT2D eigenvalue weighted by Crippen LogP contribution is -2.53. The minimum absolute atomic E-state index is 0.156. The molecule has 22 heavy (non-hydrogen) atoms. The Hall–Kier alpha value is -1.99. The molecule has 1 aromatic rings. The topological polar surface area (TPSA) is 43.8 Å². The molecule has 1 aliphatic rings. The van der Waals surface area contributed by atoms with Crippen LogP contribution in [0.4, 0.5) is 19.0 Å². The molecule has 1 aromatic heterocycles. The van der Waals surface area contributed by atoms with E-state index in [0.29, 0.717) is 19.0 Å². The third-order valence-corrected chi connectivity index (χ3v) is 3.46. The third-order valence-electron chi connectivity index (χ3n) is 3.46. The smallest absolute Gasteiger partial charge is 0.356 e. The second kappa shape index (κ2) is 7.33. The van der Waals surface area contributed by atoms with Crippen molar-refractivity contribution in [1.82, 2.24) is 15.2 Å². The number of aliphatic imine (C=N–C) groups is 1. The molecule has 1 fully saturated rings. The number of rotatable bonds is 3. The molecule has 0 atom stereocenters. The zero-order chi connectivity index (χ0) is 16.0. The van der Waals surface area contributed by atoms with Crippen LogP contribution in [-0.2, 0) is 0 Å². The molecule has 0 amide bonds. The van der Waals surface area contributed by atoms with Crippen molar-refractivity contribution in [3.8, 4) is 0 Å². The van der Waals surface area contributed by atoms with E-state index in [1.807, 2.05) is 23.1 Å². The van der Waals surface area contributed by atoms with Crippen LogP contribution >= 0.6 is 0 Å². The van der Waals surface area contributed by atoms with Crippen LogP contribution in [0, 0.1) is 0 Å². The highest BCUT2D eigenvalue weighted by molar-refractivity contribution is 5.80. The number of halogens is 3. The number of aromatic nitrogens is 1. The van der Waals surface area contributed by atoms with E-state index in [1.165, 1.54) is 0 Å². The highest BCUT2D eigenvalue weighted by Crippen LogP contribution is 2.18. The Bertz CT molecular complexity index is 481. The SMILES string of the molecule is CN=C(NCCC(F)(F)F)N1CCN(c2ccccn2)CC1. The van der Waals surface area contributed by atoms with Crippen molar-refractivity contribution >= 4 is 11.8 Å². The van der Waals surface area contributed by atoms with Crippen LogP contribution in [0.5, 0.6) is 0 Å². The van der Waals surface area contributed by atoms with Gasteiger partial charge in [-0.3, -0.25) is 4.99 Å². The molecule has 0 unspecified atom stereocenters. The number of anilines is 1. The molecule has 122 valence electrons. The number of guanidine groups is 1. The largest absolute Gasteiger partial charge is 0.390 e. The first-order valence-corrected chi connectivity index (χ1v) is 7.18. The number of hydrogen-bond donors (Lipinski definition) is 1. The first kappa shape index (κ1) is 16.4. The Morgan fingerprint density at radius 2 is 2.00 bits per heavy atom. The summed E-state index contributed by atoms with van der Waals surface area (Å²) in [6.45, 7) is 2.76. The van der Waals surface area contributed by atoms with Crippen molar-refractivity contribution in [3.05, 3.63) is 24.4 Å². The van der Waals surface area contributed by atoms with Gasteiger partial charge in [-0.15, -0.1) is 0 Å². The second-order valence-corrected chi connectivity index (χ2v) is 5.00. The minimum atomic E-state index is -4.15. The van der Waals surface area contributed by atoms with Crippen LogP contribution < -0.4 is 10.2 Å². The van der Waals surface area contributed by atoms with Gasteiger partial charge in [0.05, 0.1) is 6.42 Å². The molecule has 2 heterocycles. The summed E-state index contributed by atoms with van der Waals surface area (Å²) in [6.07, 6.45) is -3.26. The Morgan fingerprint density at radius 1 is 1.27 bits per heavy atom. The zero-order valence-electron chi connectivity index (χ0n) is 12.5. The third kappa shape index (κ3) is 4.78. The molecule has 2 rings (SSSR count). The van der Waals surface area contributed by atoms with E-state index in [0.717, 1.165) is 18.9 Å². The van der Waals surface area contributed by atoms with Crippen molar-refractivity contribution < 1.29 is 13.2 Å². The van der Waals surface area contributed by atoms with Crippen molar-refractivity contribution in [3.63, 3.8) is 0 Å². The van der Waals surface area contributed by atoms with Crippen LogP contribution in [-0.4, -0.2) is 61.8 Å². The normalized spacial score (nSPS) is 16.8. The van der Waals surface area contributed by atoms with Gasteiger partial charge in [0.25, 0.3) is 0 Å². The summed E-state index contributed by atoms with van der Waals surface area (Å²) in [6, 6.07) is 5.75. The molecule has 5 nitrogen and oxygen atoms in total. The van der Waals surface area contributed by atoms with Crippen LogP contribution in [0.2, 0.25) is 0 Å². The van der Waals surface area contributed by atoms with E-state index < -0.39 is 12.6 Å². The standard InChI is InChI=1S/C14H20F3N5/c1-18-13(20-7-5-14(15,16)17)22-10-8-21(9-11-22)12-4-2-3-6-19-12/h2-4,6H,5,7-11H2,1H3,(H,18,20). The fourth-order valence-corrected chi connectivity index (χ4v) is 2.34. The molecule has 1 N–H and O–H groups in total. The summed E-state index contributed by atoms with van der Waals surface area (Å²) in [7, 11) is 1.58. The molecule has 1 aliphatic heterocycles. The summed E-state index contributed by atoms with van der Waals surface area (Å²) >= 11 is 0. The molecule has 0 saturated carbocycles. The maximum atomic E-state index is 12.2. The monoisotopic (exact) mass is 315 g/mol. The quantitative estimate of drug-likeness (QED) is 0.681. The molecule has 0 bridgehead atoms. The molecular formula is C14H20F3N5. The second-order valence-electron chi connectivity index (χ2n) is 5.00. The van der Waals surface area contributed by atoms with E-state index in [9.17, 15) is 13.2 Å². The highest BCUT2D eigenvalue weighted by atomic mass is 19.4. The van der Waals surface area contributed by atoms with Gasteiger partial charge >= 0.3 is 6.18 Å². The summed E-state index contributed by atoms with van der Waals surface area (Å²) in [5.41, 5.74) is 0. The number of nitrogens with one attached hydrogen (secondary N) is 1. The molecule has 1 saturated heterocycles. The van der Waals surface area contributed by atoms with Gasteiger partial charge in [0.15, 0.2) is 5.96 Å². The van der Waals surface area contributed by atoms with E-state index in [2.05, 4.69) is 20.2 Å². The van der Waals surface area contributed by atoms with Crippen molar-refractivity contribution in [1.29, 1.82) is 0 Å². The fourth-order valence-electron chi connectivity index (χ4n) is 2.34. The van der Waals surface area contributed by atoms with Crippen LogP contribution in [0.15, 0.2) is 29.4 Å². The Labute approximate surface area is 127 Å². The van der Waals surface area contributed by atoms with Crippen LogP contribution in [0.1, 0.15) is 6.42 Å².